The predicted molar refractivity (Wildman–Crippen MR) is 132 cm³/mol. The summed E-state index contributed by atoms with van der Waals surface area (Å²) < 4.78 is 47.4. The number of hydrogen-bond acceptors (Lipinski definition) is 7. The van der Waals surface area contributed by atoms with Gasteiger partial charge in [0, 0.05) is 30.7 Å². The second-order valence-corrected chi connectivity index (χ2v) is 10.4. The third-order valence-corrected chi connectivity index (χ3v) is 8.20. The number of hydrogen-bond donors (Lipinski definition) is 2. The van der Waals surface area contributed by atoms with Crippen LogP contribution in [0.25, 0.3) is 0 Å². The summed E-state index contributed by atoms with van der Waals surface area (Å²) in [6.07, 6.45) is -0.859. The number of benzene rings is 1. The molecule has 1 aromatic carbocycles. The monoisotopic (exact) mass is 505 g/mol. The van der Waals surface area contributed by atoms with E-state index in [-0.39, 0.29) is 22.6 Å². The molecule has 36 heavy (non-hydrogen) atoms. The van der Waals surface area contributed by atoms with Crippen molar-refractivity contribution in [1.29, 1.82) is 0 Å². The molecule has 1 saturated carbocycles. The fourth-order valence-electron chi connectivity index (χ4n) is 6.07. The van der Waals surface area contributed by atoms with Crippen molar-refractivity contribution in [2.45, 2.75) is 49.3 Å². The van der Waals surface area contributed by atoms with Crippen molar-refractivity contribution in [2.75, 3.05) is 56.7 Å². The summed E-state index contributed by atoms with van der Waals surface area (Å²) in [5, 5.41) is 14.2. The van der Waals surface area contributed by atoms with Crippen LogP contribution in [0.3, 0.4) is 0 Å². The molecule has 1 aliphatic carbocycles. The molecule has 1 spiro atoms. The Bertz CT molecular complexity index is 1050. The van der Waals surface area contributed by atoms with E-state index in [1.54, 1.807) is 9.80 Å². The van der Waals surface area contributed by atoms with Crippen LogP contribution in [0.1, 0.15) is 36.8 Å². The Morgan fingerprint density at radius 1 is 1.08 bits per heavy atom. The Labute approximate surface area is 209 Å². The minimum atomic E-state index is -4.56. The van der Waals surface area contributed by atoms with Gasteiger partial charge in [-0.15, -0.1) is 0 Å². The number of anilines is 2. The molecular formula is C26H34F3N5O2. The zero-order valence-corrected chi connectivity index (χ0v) is 20.8. The fourth-order valence-corrected chi connectivity index (χ4v) is 6.07. The zero-order valence-electron chi connectivity index (χ0n) is 20.8. The molecule has 3 fully saturated rings. The minimum absolute atomic E-state index is 0.0813. The van der Waals surface area contributed by atoms with Gasteiger partial charge in [0.2, 0.25) is 0 Å². The Balaban J connectivity index is 1.38. The van der Waals surface area contributed by atoms with E-state index in [2.05, 4.69) is 53.6 Å². The van der Waals surface area contributed by atoms with Crippen molar-refractivity contribution in [3.63, 3.8) is 0 Å². The molecule has 10 heteroatoms. The highest BCUT2D eigenvalue weighted by Gasteiger charge is 2.50. The molecule has 2 N–H and O–H groups in total. The number of aromatic nitrogens is 1. The Hall–Kier alpha value is -2.40. The smallest absolute Gasteiger partial charge is 0.378 e. The summed E-state index contributed by atoms with van der Waals surface area (Å²) in [5.74, 6) is -0.0813. The van der Waals surface area contributed by atoms with Crippen LogP contribution < -0.4 is 15.1 Å². The second-order valence-electron chi connectivity index (χ2n) is 10.4. The molecule has 2 saturated heterocycles. The van der Waals surface area contributed by atoms with Crippen molar-refractivity contribution in [1.82, 2.24) is 15.2 Å². The third kappa shape index (κ3) is 4.55. The first-order valence-corrected chi connectivity index (χ1v) is 12.5. The third-order valence-electron chi connectivity index (χ3n) is 8.20. The van der Waals surface area contributed by atoms with E-state index in [9.17, 15) is 18.3 Å². The molecule has 0 amide bonds. The summed E-state index contributed by atoms with van der Waals surface area (Å²) in [4.78, 5) is 9.72. The number of ether oxygens (including phenoxy) is 1. The first-order valence-electron chi connectivity index (χ1n) is 12.5. The average Bonchev–Trinajstić information content (AvgIpc) is 3.20. The Morgan fingerprint density at radius 3 is 2.36 bits per heavy atom. The largest absolute Gasteiger partial charge is 0.420 e. The minimum Gasteiger partial charge on any atom is -0.378 e. The van der Waals surface area contributed by atoms with Gasteiger partial charge >= 0.3 is 6.18 Å². The summed E-state index contributed by atoms with van der Waals surface area (Å²) >= 11 is 0. The number of morpholine rings is 1. The van der Waals surface area contributed by atoms with Crippen molar-refractivity contribution < 1.29 is 23.0 Å². The molecule has 1 aromatic heterocycles. The Morgan fingerprint density at radius 2 is 1.75 bits per heavy atom. The second kappa shape index (κ2) is 9.48. The summed E-state index contributed by atoms with van der Waals surface area (Å²) in [6, 6.07) is 11.5. The van der Waals surface area contributed by atoms with Crippen LogP contribution >= 0.6 is 0 Å². The van der Waals surface area contributed by atoms with Crippen molar-refractivity contribution in [3.05, 3.63) is 53.7 Å². The van der Waals surface area contributed by atoms with Gasteiger partial charge in [-0.3, -0.25) is 10.2 Å². The van der Waals surface area contributed by atoms with E-state index >= 15 is 0 Å². The van der Waals surface area contributed by atoms with E-state index in [0.717, 1.165) is 31.7 Å². The van der Waals surface area contributed by atoms with Crippen molar-refractivity contribution in [2.24, 2.45) is 0 Å². The number of nitrogens with zero attached hydrogens (tertiary/aromatic N) is 4. The zero-order chi connectivity index (χ0) is 25.6. The molecule has 7 nitrogen and oxygen atoms in total. The van der Waals surface area contributed by atoms with E-state index in [0.29, 0.717) is 32.8 Å². The van der Waals surface area contributed by atoms with Gasteiger partial charge in [-0.05, 0) is 51.4 Å². The van der Waals surface area contributed by atoms with E-state index in [4.69, 9.17) is 4.74 Å². The topological polar surface area (TPSA) is 64.1 Å². The maximum absolute atomic E-state index is 14.0. The number of nitrogens with one attached hydrogen (secondary N) is 1. The number of rotatable bonds is 4. The van der Waals surface area contributed by atoms with Gasteiger partial charge in [0.15, 0.2) is 6.35 Å². The lowest BCUT2D eigenvalue weighted by molar-refractivity contribution is -0.137. The Kier molecular flexibility index (Phi) is 6.65. The molecule has 2 aromatic rings. The lowest BCUT2D eigenvalue weighted by Crippen LogP contribution is -2.54. The number of aliphatic hydroxyl groups is 1. The maximum atomic E-state index is 14.0. The fraction of sp³-hybridized carbons (Fsp3) is 0.577. The van der Waals surface area contributed by atoms with E-state index in [1.165, 1.54) is 11.8 Å². The van der Waals surface area contributed by atoms with Gasteiger partial charge in [-0.1, -0.05) is 30.3 Å². The van der Waals surface area contributed by atoms with Gasteiger partial charge in [-0.25, -0.2) is 4.98 Å². The lowest BCUT2D eigenvalue weighted by Gasteiger charge is -2.49. The van der Waals surface area contributed by atoms with Gasteiger partial charge in [-0.2, -0.15) is 13.2 Å². The van der Waals surface area contributed by atoms with Crippen LogP contribution in [0.2, 0.25) is 0 Å². The first-order chi connectivity index (χ1) is 17.1. The lowest BCUT2D eigenvalue weighted by atomic mass is 9.69. The molecule has 1 unspecified atom stereocenters. The highest BCUT2D eigenvalue weighted by Crippen LogP contribution is 2.47. The summed E-state index contributed by atoms with van der Waals surface area (Å²) in [7, 11) is 4.18. The highest BCUT2D eigenvalue weighted by molar-refractivity contribution is 5.58. The predicted octanol–water partition coefficient (Wildman–Crippen LogP) is 3.39. The van der Waals surface area contributed by atoms with E-state index < -0.39 is 18.1 Å². The SMILES string of the molecule is CN(C)C1(c2ccccc2)CCC2(CC1)CN(c1cnc(N3CCOCC3)c(C(F)(F)F)c1)C(O)N2. The number of halogens is 3. The molecule has 3 aliphatic rings. The van der Waals surface area contributed by atoms with Gasteiger partial charge < -0.3 is 19.6 Å². The molecule has 2 aliphatic heterocycles. The number of pyridine rings is 1. The van der Waals surface area contributed by atoms with Gasteiger partial charge in [0.25, 0.3) is 0 Å². The molecule has 5 rings (SSSR count). The molecule has 196 valence electrons. The maximum Gasteiger partial charge on any atom is 0.420 e. The number of aliphatic hydroxyl groups excluding tert-OH is 1. The van der Waals surface area contributed by atoms with Crippen molar-refractivity contribution >= 4 is 11.5 Å². The molecule has 0 radical (unpaired) electrons. The molecule has 1 atom stereocenters. The van der Waals surface area contributed by atoms with Gasteiger partial charge in [0.1, 0.15) is 11.4 Å². The van der Waals surface area contributed by atoms with Gasteiger partial charge in [0.05, 0.1) is 25.1 Å². The van der Waals surface area contributed by atoms with Crippen molar-refractivity contribution in [3.8, 4) is 0 Å². The average molecular weight is 506 g/mol. The highest BCUT2D eigenvalue weighted by atomic mass is 19.4. The quantitative estimate of drug-likeness (QED) is 0.661. The normalized spacial score (nSPS) is 29.4. The summed E-state index contributed by atoms with van der Waals surface area (Å²) in [5.41, 5.74) is 0.253. The molecular weight excluding hydrogens is 471 g/mol. The number of alkyl halides is 3. The standard InChI is InChI=1S/C26H34F3N5O2/c1-32(2)25(19-6-4-3-5-7-19)10-8-24(9-11-25)18-34(23(35)31-24)20-16-21(26(27,28)29)22(30-17-20)33-12-14-36-15-13-33/h3-7,16-17,23,31,35H,8-15,18H2,1-2H3. The molecule has 3 heterocycles. The summed E-state index contributed by atoms with van der Waals surface area (Å²) in [6.45, 7) is 1.89. The van der Waals surface area contributed by atoms with Crippen LogP contribution in [-0.4, -0.2) is 73.8 Å². The van der Waals surface area contributed by atoms with Crippen LogP contribution in [-0.2, 0) is 16.5 Å². The molecule has 0 bridgehead atoms. The van der Waals surface area contributed by atoms with Crippen LogP contribution in [0.4, 0.5) is 24.7 Å². The van der Waals surface area contributed by atoms with Crippen LogP contribution in [0.5, 0.6) is 0 Å². The first kappa shape index (κ1) is 25.3. The van der Waals surface area contributed by atoms with Crippen LogP contribution in [0.15, 0.2) is 42.6 Å². The van der Waals surface area contributed by atoms with E-state index in [1.807, 2.05) is 6.07 Å². The van der Waals surface area contributed by atoms with Crippen LogP contribution in [0, 0.1) is 0 Å².